The van der Waals surface area contributed by atoms with Crippen molar-refractivity contribution in [2.75, 3.05) is 23.2 Å². The number of thioether (sulfide) groups is 1. The van der Waals surface area contributed by atoms with Crippen molar-refractivity contribution in [1.82, 2.24) is 0 Å². The van der Waals surface area contributed by atoms with Gasteiger partial charge >= 0.3 is 0 Å². The second-order valence-electron chi connectivity index (χ2n) is 6.63. The average Bonchev–Trinajstić information content (AvgIpc) is 3.16. The molecule has 0 aromatic heterocycles. The first-order chi connectivity index (χ1) is 14.5. The van der Waals surface area contributed by atoms with Crippen LogP contribution in [0.15, 0.2) is 63.6 Å². The smallest absolute Gasteiger partial charge is 0.264 e. The van der Waals surface area contributed by atoms with Crippen LogP contribution in [0.3, 0.4) is 0 Å². The Morgan fingerprint density at radius 3 is 2.83 bits per heavy atom. The maximum absolute atomic E-state index is 12.5. The van der Waals surface area contributed by atoms with E-state index in [0.717, 1.165) is 23.0 Å². The second kappa shape index (κ2) is 8.50. The minimum atomic E-state index is -0.639. The summed E-state index contributed by atoms with van der Waals surface area (Å²) in [4.78, 5) is 33.2. The first kappa shape index (κ1) is 19.8. The topological polar surface area (TPSA) is 95.7 Å². The van der Waals surface area contributed by atoms with Crippen LogP contribution in [0.4, 0.5) is 11.4 Å². The highest BCUT2D eigenvalue weighted by Crippen LogP contribution is 2.33. The van der Waals surface area contributed by atoms with Gasteiger partial charge in [-0.3, -0.25) is 9.59 Å². The van der Waals surface area contributed by atoms with E-state index in [2.05, 4.69) is 20.4 Å². The molecule has 1 N–H and O–H groups in total. The molecule has 0 saturated carbocycles. The number of hydrogen-bond donors (Lipinski definition) is 1. The third kappa shape index (κ3) is 4.11. The number of aliphatic imine (C=N–C) groups is 2. The SMILES string of the molecule is COc1ccccc1N1N=CC2C(=O)N=C(SCC(=O)Nc3cccc(C)c3)N=C21. The van der Waals surface area contributed by atoms with Gasteiger partial charge in [-0.25, -0.2) is 10.0 Å². The van der Waals surface area contributed by atoms with E-state index in [9.17, 15) is 9.59 Å². The molecule has 1 atom stereocenters. The molecule has 0 aliphatic carbocycles. The fourth-order valence-corrected chi connectivity index (χ4v) is 3.72. The number of hydrazone groups is 1. The Balaban J connectivity index is 1.47. The van der Waals surface area contributed by atoms with Crippen LogP contribution in [0.25, 0.3) is 0 Å². The molecule has 2 aromatic rings. The zero-order valence-electron chi connectivity index (χ0n) is 16.4. The van der Waals surface area contributed by atoms with Gasteiger partial charge in [0, 0.05) is 11.9 Å². The normalized spacial score (nSPS) is 17.3. The zero-order chi connectivity index (χ0) is 21.1. The number of carbonyl (C=O) groups is 2. The Morgan fingerprint density at radius 1 is 1.20 bits per heavy atom. The number of benzene rings is 2. The highest BCUT2D eigenvalue weighted by atomic mass is 32.2. The molecule has 0 bridgehead atoms. The van der Waals surface area contributed by atoms with Gasteiger partial charge in [-0.15, -0.1) is 0 Å². The van der Waals surface area contributed by atoms with Crippen molar-refractivity contribution in [1.29, 1.82) is 0 Å². The molecule has 2 amide bonds. The summed E-state index contributed by atoms with van der Waals surface area (Å²) in [5.41, 5.74) is 2.45. The number of aryl methyl sites for hydroxylation is 1. The van der Waals surface area contributed by atoms with Crippen LogP contribution in [0.1, 0.15) is 5.56 Å². The molecule has 30 heavy (non-hydrogen) atoms. The van der Waals surface area contributed by atoms with Crippen LogP contribution in [0.2, 0.25) is 0 Å². The third-order valence-electron chi connectivity index (χ3n) is 4.46. The predicted octanol–water partition coefficient (Wildman–Crippen LogP) is 3.09. The number of amidine groups is 2. The van der Waals surface area contributed by atoms with Gasteiger partial charge in [-0.05, 0) is 36.8 Å². The monoisotopic (exact) mass is 421 g/mol. The van der Waals surface area contributed by atoms with Crippen LogP contribution in [-0.2, 0) is 9.59 Å². The molecule has 2 aliphatic heterocycles. The molecule has 0 fully saturated rings. The fraction of sp³-hybridized carbons (Fsp3) is 0.190. The molecule has 4 rings (SSSR count). The van der Waals surface area contributed by atoms with Gasteiger partial charge in [-0.1, -0.05) is 36.0 Å². The molecule has 2 aromatic carbocycles. The highest BCUT2D eigenvalue weighted by Gasteiger charge is 2.37. The van der Waals surface area contributed by atoms with Crippen molar-refractivity contribution in [3.05, 3.63) is 54.1 Å². The largest absolute Gasteiger partial charge is 0.494 e. The summed E-state index contributed by atoms with van der Waals surface area (Å²) < 4.78 is 5.39. The number of nitrogens with zero attached hydrogens (tertiary/aromatic N) is 4. The van der Waals surface area contributed by atoms with Gasteiger partial charge in [0.15, 0.2) is 11.0 Å². The van der Waals surface area contributed by atoms with Gasteiger partial charge in [-0.2, -0.15) is 10.1 Å². The van der Waals surface area contributed by atoms with Gasteiger partial charge < -0.3 is 10.1 Å². The van der Waals surface area contributed by atoms with E-state index in [-0.39, 0.29) is 22.7 Å². The van der Waals surface area contributed by atoms with E-state index in [1.54, 1.807) is 12.1 Å². The number of hydrogen-bond acceptors (Lipinski definition) is 7. The minimum absolute atomic E-state index is 0.0804. The molecule has 0 spiro atoms. The number of fused-ring (bicyclic) bond motifs is 1. The Labute approximate surface area is 177 Å². The lowest BCUT2D eigenvalue weighted by Gasteiger charge is -2.21. The molecular weight excluding hydrogens is 402 g/mol. The molecule has 2 heterocycles. The van der Waals surface area contributed by atoms with Gasteiger partial charge in [0.2, 0.25) is 5.91 Å². The minimum Gasteiger partial charge on any atom is -0.494 e. The van der Waals surface area contributed by atoms with E-state index in [1.165, 1.54) is 6.21 Å². The Bertz CT molecular complexity index is 1100. The number of rotatable bonds is 5. The summed E-state index contributed by atoms with van der Waals surface area (Å²) in [6, 6.07) is 14.9. The number of carbonyl (C=O) groups excluding carboxylic acids is 2. The van der Waals surface area contributed by atoms with Crippen molar-refractivity contribution in [2.24, 2.45) is 21.0 Å². The number of ether oxygens (including phenoxy) is 1. The van der Waals surface area contributed by atoms with Crippen molar-refractivity contribution in [3.8, 4) is 5.75 Å². The van der Waals surface area contributed by atoms with Crippen molar-refractivity contribution < 1.29 is 14.3 Å². The first-order valence-corrected chi connectivity index (χ1v) is 10.2. The van der Waals surface area contributed by atoms with Crippen LogP contribution < -0.4 is 15.1 Å². The molecule has 0 radical (unpaired) electrons. The average molecular weight is 421 g/mol. The van der Waals surface area contributed by atoms with E-state index in [1.807, 2.05) is 55.5 Å². The second-order valence-corrected chi connectivity index (χ2v) is 7.58. The van der Waals surface area contributed by atoms with E-state index < -0.39 is 5.92 Å². The van der Waals surface area contributed by atoms with Crippen LogP contribution in [0, 0.1) is 12.8 Å². The lowest BCUT2D eigenvalue weighted by Crippen LogP contribution is -2.34. The van der Waals surface area contributed by atoms with E-state index in [4.69, 9.17) is 4.74 Å². The molecule has 1 unspecified atom stereocenters. The maximum Gasteiger partial charge on any atom is 0.264 e. The summed E-state index contributed by atoms with van der Waals surface area (Å²) >= 11 is 1.10. The molecule has 0 saturated heterocycles. The highest BCUT2D eigenvalue weighted by molar-refractivity contribution is 8.14. The molecule has 9 heteroatoms. The van der Waals surface area contributed by atoms with E-state index >= 15 is 0 Å². The third-order valence-corrected chi connectivity index (χ3v) is 5.30. The van der Waals surface area contributed by atoms with Gasteiger partial charge in [0.05, 0.1) is 12.9 Å². The Morgan fingerprint density at radius 2 is 2.03 bits per heavy atom. The number of anilines is 2. The zero-order valence-corrected chi connectivity index (χ0v) is 17.2. The standard InChI is InChI=1S/C21H19N5O3S/c1-13-6-5-7-14(10-13)23-18(27)12-30-21-24-19-15(20(28)25-21)11-22-26(19)16-8-3-4-9-17(16)29-2/h3-11,15H,12H2,1-2H3,(H,23,27). The summed E-state index contributed by atoms with van der Waals surface area (Å²) in [6.07, 6.45) is 1.52. The number of para-hydroxylation sites is 2. The van der Waals surface area contributed by atoms with E-state index in [0.29, 0.717) is 17.3 Å². The fourth-order valence-electron chi connectivity index (χ4n) is 3.07. The molecule has 8 nitrogen and oxygen atoms in total. The maximum atomic E-state index is 12.5. The van der Waals surface area contributed by atoms with Crippen LogP contribution in [-0.4, -0.2) is 41.9 Å². The van der Waals surface area contributed by atoms with Crippen LogP contribution >= 0.6 is 11.8 Å². The molecular formula is C21H19N5O3S. The predicted molar refractivity (Wildman–Crippen MR) is 120 cm³/mol. The van der Waals surface area contributed by atoms with Crippen LogP contribution in [0.5, 0.6) is 5.75 Å². The Hall–Kier alpha value is -3.46. The summed E-state index contributed by atoms with van der Waals surface area (Å²) in [5, 5.41) is 8.95. The van der Waals surface area contributed by atoms with Gasteiger partial charge in [0.1, 0.15) is 17.4 Å². The Kier molecular flexibility index (Phi) is 5.62. The quantitative estimate of drug-likeness (QED) is 0.800. The molecule has 152 valence electrons. The summed E-state index contributed by atoms with van der Waals surface area (Å²) in [6.45, 7) is 1.95. The first-order valence-electron chi connectivity index (χ1n) is 9.23. The lowest BCUT2D eigenvalue weighted by molar-refractivity contribution is -0.118. The number of nitrogens with one attached hydrogen (secondary N) is 1. The van der Waals surface area contributed by atoms with Crippen molar-refractivity contribution in [3.63, 3.8) is 0 Å². The number of amides is 2. The summed E-state index contributed by atoms with van der Waals surface area (Å²) in [7, 11) is 1.57. The molecule has 2 aliphatic rings. The van der Waals surface area contributed by atoms with Crippen molar-refractivity contribution >= 4 is 52.2 Å². The lowest BCUT2D eigenvalue weighted by atomic mass is 10.1. The number of methoxy groups -OCH3 is 1. The van der Waals surface area contributed by atoms with Crippen molar-refractivity contribution in [2.45, 2.75) is 6.92 Å². The van der Waals surface area contributed by atoms with Gasteiger partial charge in [0.25, 0.3) is 5.91 Å². The summed E-state index contributed by atoms with van der Waals surface area (Å²) in [5.74, 6) is -0.0620.